The van der Waals surface area contributed by atoms with Crippen molar-refractivity contribution in [3.8, 4) is 0 Å². The first kappa shape index (κ1) is 20.3. The minimum atomic E-state index is 0.143. The average Bonchev–Trinajstić information content (AvgIpc) is 2.96. The monoisotopic (exact) mass is 447 g/mol. The summed E-state index contributed by atoms with van der Waals surface area (Å²) >= 11 is 8.11. The van der Waals surface area contributed by atoms with Crippen molar-refractivity contribution in [2.75, 3.05) is 13.1 Å². The lowest BCUT2D eigenvalue weighted by Gasteiger charge is -2.30. The van der Waals surface area contributed by atoms with Gasteiger partial charge in [-0.2, -0.15) is 0 Å². The maximum absolute atomic E-state index is 12.8. The molecule has 31 heavy (non-hydrogen) atoms. The normalized spacial score (nSPS) is 15.8. The van der Waals surface area contributed by atoms with Crippen LogP contribution in [0.3, 0.4) is 0 Å². The van der Waals surface area contributed by atoms with E-state index in [2.05, 4.69) is 23.2 Å². The first-order valence-electron chi connectivity index (χ1n) is 10.5. The summed E-state index contributed by atoms with van der Waals surface area (Å²) in [6.45, 7) is 1.45. The molecule has 4 heterocycles. The van der Waals surface area contributed by atoms with Gasteiger partial charge in [-0.05, 0) is 54.3 Å². The molecule has 1 aromatic carbocycles. The molecular formula is C25H22ClN3OS. The van der Waals surface area contributed by atoms with E-state index in [1.54, 1.807) is 6.20 Å². The van der Waals surface area contributed by atoms with E-state index < -0.39 is 0 Å². The molecule has 2 aromatic heterocycles. The Morgan fingerprint density at radius 3 is 2.68 bits per heavy atom. The second kappa shape index (κ2) is 8.85. The van der Waals surface area contributed by atoms with Gasteiger partial charge in [-0.15, -0.1) is 11.8 Å². The van der Waals surface area contributed by atoms with Gasteiger partial charge in [-0.25, -0.2) is 0 Å². The number of carbonyl (C=O) groups is 1. The Labute approximate surface area is 191 Å². The Kier molecular flexibility index (Phi) is 5.79. The van der Waals surface area contributed by atoms with Crippen molar-refractivity contribution in [1.29, 1.82) is 0 Å². The van der Waals surface area contributed by atoms with Crippen LogP contribution in [0.5, 0.6) is 0 Å². The maximum atomic E-state index is 12.8. The summed E-state index contributed by atoms with van der Waals surface area (Å²) in [5.41, 5.74) is 6.93. The van der Waals surface area contributed by atoms with Crippen LogP contribution in [0.25, 0.3) is 5.57 Å². The number of hydrogen-bond donors (Lipinski definition) is 0. The third kappa shape index (κ3) is 4.25. The summed E-state index contributed by atoms with van der Waals surface area (Å²) in [5.74, 6) is 1.02. The van der Waals surface area contributed by atoms with Gasteiger partial charge in [0.05, 0.1) is 12.1 Å². The zero-order chi connectivity index (χ0) is 21.2. The highest BCUT2D eigenvalue weighted by Gasteiger charge is 2.26. The Morgan fingerprint density at radius 2 is 1.87 bits per heavy atom. The first-order chi connectivity index (χ1) is 15.2. The highest BCUT2D eigenvalue weighted by Crippen LogP contribution is 2.43. The number of aromatic nitrogens is 2. The van der Waals surface area contributed by atoms with Crippen molar-refractivity contribution in [3.05, 3.63) is 94.0 Å². The smallest absolute Gasteiger partial charge is 0.228 e. The molecule has 2 aliphatic rings. The Bertz CT molecular complexity index is 1150. The van der Waals surface area contributed by atoms with Crippen molar-refractivity contribution in [2.24, 2.45) is 0 Å². The van der Waals surface area contributed by atoms with Crippen LogP contribution in [0.4, 0.5) is 0 Å². The molecule has 1 fully saturated rings. The molecule has 1 saturated heterocycles. The van der Waals surface area contributed by atoms with Crippen LogP contribution in [0.15, 0.2) is 71.4 Å². The van der Waals surface area contributed by atoms with Crippen molar-refractivity contribution in [3.63, 3.8) is 0 Å². The second-order valence-corrected chi connectivity index (χ2v) is 9.25. The number of fused-ring (bicyclic) bond motifs is 2. The fourth-order valence-electron chi connectivity index (χ4n) is 4.29. The molecule has 0 saturated carbocycles. The summed E-state index contributed by atoms with van der Waals surface area (Å²) in [4.78, 5) is 25.0. The van der Waals surface area contributed by atoms with E-state index in [0.29, 0.717) is 6.42 Å². The fraction of sp³-hybridized carbons (Fsp3) is 0.240. The van der Waals surface area contributed by atoms with Gasteiger partial charge in [-0.1, -0.05) is 35.4 Å². The highest BCUT2D eigenvalue weighted by atomic mass is 35.5. The van der Waals surface area contributed by atoms with Crippen LogP contribution in [0.2, 0.25) is 5.02 Å². The standard InChI is InChI=1S/C25H22ClN3OS/c26-19-6-7-21-22(14-19)31-16-18-4-3-11-28-25(18)24(21)17-8-12-29(13-9-17)23(30)15-20-5-1-2-10-27-20/h1-7,10-11,14H,8-9,12-13,15-16H2. The Morgan fingerprint density at radius 1 is 1.03 bits per heavy atom. The van der Waals surface area contributed by atoms with E-state index >= 15 is 0 Å². The van der Waals surface area contributed by atoms with Crippen molar-refractivity contribution < 1.29 is 4.79 Å². The number of hydrogen-bond acceptors (Lipinski definition) is 4. The zero-order valence-corrected chi connectivity index (χ0v) is 18.6. The van der Waals surface area contributed by atoms with Gasteiger partial charge in [0.1, 0.15) is 0 Å². The number of pyridine rings is 2. The summed E-state index contributed by atoms with van der Waals surface area (Å²) in [6.07, 6.45) is 5.67. The molecule has 156 valence electrons. The van der Waals surface area contributed by atoms with Gasteiger partial charge in [0.2, 0.25) is 5.91 Å². The van der Waals surface area contributed by atoms with Crippen LogP contribution in [-0.2, 0) is 17.0 Å². The van der Waals surface area contributed by atoms with Crippen molar-refractivity contribution in [2.45, 2.75) is 29.9 Å². The lowest BCUT2D eigenvalue weighted by Crippen LogP contribution is -2.37. The minimum absolute atomic E-state index is 0.143. The van der Waals surface area contributed by atoms with E-state index in [1.807, 2.05) is 53.2 Å². The molecule has 2 aliphatic heterocycles. The average molecular weight is 448 g/mol. The topological polar surface area (TPSA) is 46.1 Å². The fourth-order valence-corrected chi connectivity index (χ4v) is 5.61. The van der Waals surface area contributed by atoms with Crippen LogP contribution < -0.4 is 0 Å². The number of thioether (sulfide) groups is 1. The van der Waals surface area contributed by atoms with E-state index in [0.717, 1.165) is 48.1 Å². The third-order valence-electron chi connectivity index (χ3n) is 5.86. The minimum Gasteiger partial charge on any atom is -0.342 e. The molecule has 0 bridgehead atoms. The molecule has 5 rings (SSSR count). The molecule has 0 atom stereocenters. The Balaban J connectivity index is 1.45. The van der Waals surface area contributed by atoms with Crippen LogP contribution in [0, 0.1) is 0 Å². The van der Waals surface area contributed by atoms with Crippen molar-refractivity contribution >= 4 is 34.8 Å². The predicted molar refractivity (Wildman–Crippen MR) is 125 cm³/mol. The van der Waals surface area contributed by atoms with Gasteiger partial charge in [-0.3, -0.25) is 14.8 Å². The van der Waals surface area contributed by atoms with E-state index in [9.17, 15) is 4.79 Å². The summed E-state index contributed by atoms with van der Waals surface area (Å²) in [5, 5.41) is 0.754. The van der Waals surface area contributed by atoms with E-state index in [1.165, 1.54) is 27.2 Å². The molecule has 4 nitrogen and oxygen atoms in total. The van der Waals surface area contributed by atoms with Crippen molar-refractivity contribution in [1.82, 2.24) is 14.9 Å². The molecule has 0 spiro atoms. The summed E-state index contributed by atoms with van der Waals surface area (Å²) < 4.78 is 0. The molecule has 3 aromatic rings. The van der Waals surface area contributed by atoms with Gasteiger partial charge in [0, 0.05) is 52.4 Å². The second-order valence-electron chi connectivity index (χ2n) is 7.80. The maximum Gasteiger partial charge on any atom is 0.228 e. The van der Waals surface area contributed by atoms with Gasteiger partial charge >= 0.3 is 0 Å². The van der Waals surface area contributed by atoms with Crippen LogP contribution >= 0.6 is 23.4 Å². The van der Waals surface area contributed by atoms with Gasteiger partial charge in [0.15, 0.2) is 0 Å². The summed E-state index contributed by atoms with van der Waals surface area (Å²) in [6, 6.07) is 16.0. The number of rotatable bonds is 2. The quantitative estimate of drug-likeness (QED) is 0.527. The largest absolute Gasteiger partial charge is 0.342 e. The highest BCUT2D eigenvalue weighted by molar-refractivity contribution is 7.98. The first-order valence-corrected chi connectivity index (χ1v) is 11.8. The lowest BCUT2D eigenvalue weighted by molar-refractivity contribution is -0.130. The molecule has 0 unspecified atom stereocenters. The number of nitrogens with zero attached hydrogens (tertiary/aromatic N) is 3. The molecule has 6 heteroatoms. The predicted octanol–water partition coefficient (Wildman–Crippen LogP) is 5.40. The van der Waals surface area contributed by atoms with Crippen LogP contribution in [-0.4, -0.2) is 33.9 Å². The van der Waals surface area contributed by atoms with E-state index in [-0.39, 0.29) is 5.91 Å². The van der Waals surface area contributed by atoms with Gasteiger partial charge < -0.3 is 4.90 Å². The molecule has 0 radical (unpaired) electrons. The SMILES string of the molecule is O=C(Cc1ccccn1)N1CCC(=C2c3ccc(Cl)cc3SCc3cccnc32)CC1. The molecule has 0 N–H and O–H groups in total. The number of amides is 1. The third-order valence-corrected chi connectivity index (χ3v) is 7.20. The number of halogens is 1. The number of carbonyl (C=O) groups excluding carboxylic acids is 1. The Hall–Kier alpha value is -2.63. The molecule has 1 amide bonds. The number of likely N-dealkylation sites (tertiary alicyclic amines) is 1. The van der Waals surface area contributed by atoms with E-state index in [4.69, 9.17) is 16.6 Å². The molecular weight excluding hydrogens is 426 g/mol. The molecule has 0 aliphatic carbocycles. The zero-order valence-electron chi connectivity index (χ0n) is 17.1. The van der Waals surface area contributed by atoms with Gasteiger partial charge in [0.25, 0.3) is 0 Å². The number of piperidine rings is 1. The van der Waals surface area contributed by atoms with Crippen LogP contribution in [0.1, 0.15) is 35.4 Å². The summed E-state index contributed by atoms with van der Waals surface area (Å²) in [7, 11) is 0. The lowest BCUT2D eigenvalue weighted by atomic mass is 9.89. The number of benzene rings is 1.